The van der Waals surface area contributed by atoms with Crippen molar-refractivity contribution in [2.24, 2.45) is 0 Å². The molecule has 0 spiro atoms. The van der Waals surface area contributed by atoms with Crippen LogP contribution >= 0.6 is 0 Å². The number of fused-ring (bicyclic) bond motifs is 4. The Morgan fingerprint density at radius 3 is 2.61 bits per heavy atom. The molecule has 4 rings (SSSR count). The van der Waals surface area contributed by atoms with Gasteiger partial charge in [0.1, 0.15) is 5.75 Å². The van der Waals surface area contributed by atoms with Gasteiger partial charge in [-0.3, -0.25) is 4.98 Å². The summed E-state index contributed by atoms with van der Waals surface area (Å²) in [6, 6.07) is 8.37. The van der Waals surface area contributed by atoms with Gasteiger partial charge in [-0.05, 0) is 68.5 Å². The van der Waals surface area contributed by atoms with Gasteiger partial charge in [-0.25, -0.2) is 0 Å². The molecule has 23 heavy (non-hydrogen) atoms. The lowest BCUT2D eigenvalue weighted by Gasteiger charge is -2.10. The molecule has 1 N–H and O–H groups in total. The maximum absolute atomic E-state index is 5.87. The Kier molecular flexibility index (Phi) is 3.05. The fourth-order valence-electron chi connectivity index (χ4n) is 3.48. The smallest absolute Gasteiger partial charge is 0.120 e. The average Bonchev–Trinajstić information content (AvgIpc) is 2.91. The number of benzene rings is 2. The number of aryl methyl sites for hydroxylation is 2. The lowest BCUT2D eigenvalue weighted by atomic mass is 9.97. The highest BCUT2D eigenvalue weighted by Gasteiger charge is 2.14. The molecule has 0 unspecified atom stereocenters. The number of H-pyrrole nitrogens is 1. The van der Waals surface area contributed by atoms with Gasteiger partial charge in [0.2, 0.25) is 0 Å². The van der Waals surface area contributed by atoms with Gasteiger partial charge in [-0.2, -0.15) is 0 Å². The van der Waals surface area contributed by atoms with Crippen molar-refractivity contribution < 1.29 is 4.74 Å². The number of aromatic amines is 1. The van der Waals surface area contributed by atoms with E-state index in [0.717, 1.165) is 11.3 Å². The van der Waals surface area contributed by atoms with Crippen LogP contribution in [-0.2, 0) is 0 Å². The number of hydrogen-bond acceptors (Lipinski definition) is 2. The molecule has 0 aliphatic heterocycles. The Hall–Kier alpha value is -2.55. The highest BCUT2D eigenvalue weighted by atomic mass is 16.5. The van der Waals surface area contributed by atoms with Crippen molar-refractivity contribution in [3.05, 3.63) is 47.8 Å². The van der Waals surface area contributed by atoms with E-state index in [9.17, 15) is 0 Å². The number of nitrogens with zero attached hydrogens (tertiary/aromatic N) is 1. The van der Waals surface area contributed by atoms with E-state index in [1.54, 1.807) is 0 Å². The summed E-state index contributed by atoms with van der Waals surface area (Å²) in [5.41, 5.74) is 4.88. The van der Waals surface area contributed by atoms with E-state index >= 15 is 0 Å². The van der Waals surface area contributed by atoms with Crippen LogP contribution in [0.4, 0.5) is 0 Å². The molecule has 0 amide bonds. The molecule has 3 heteroatoms. The third-order valence-electron chi connectivity index (χ3n) is 4.52. The molecular formula is C20H20N2O. The molecule has 2 heterocycles. The van der Waals surface area contributed by atoms with Crippen LogP contribution in [0.1, 0.15) is 25.0 Å². The van der Waals surface area contributed by atoms with Crippen LogP contribution in [0.25, 0.3) is 32.6 Å². The minimum atomic E-state index is 0.172. The lowest BCUT2D eigenvalue weighted by Crippen LogP contribution is -2.05. The molecule has 0 aliphatic carbocycles. The first-order valence-corrected chi connectivity index (χ1v) is 8.01. The summed E-state index contributed by atoms with van der Waals surface area (Å²) < 4.78 is 5.87. The third-order valence-corrected chi connectivity index (χ3v) is 4.52. The molecule has 0 fully saturated rings. The average molecular weight is 304 g/mol. The van der Waals surface area contributed by atoms with E-state index < -0.39 is 0 Å². The molecule has 0 aliphatic rings. The number of pyridine rings is 1. The molecule has 0 atom stereocenters. The first kappa shape index (κ1) is 14.1. The normalized spacial score (nSPS) is 11.9. The molecule has 0 saturated heterocycles. The summed E-state index contributed by atoms with van der Waals surface area (Å²) in [6.45, 7) is 8.45. The van der Waals surface area contributed by atoms with Crippen molar-refractivity contribution in [3.8, 4) is 5.75 Å². The number of hydrogen-bond donors (Lipinski definition) is 1. The maximum Gasteiger partial charge on any atom is 0.120 e. The summed E-state index contributed by atoms with van der Waals surface area (Å²) in [7, 11) is 0. The summed E-state index contributed by atoms with van der Waals surface area (Å²) in [5.74, 6) is 0.914. The SMILES string of the molecule is Cc1c2ccncc2c(C)c2c1[nH]c1ccc(OC(C)C)cc12. The van der Waals surface area contributed by atoms with Crippen molar-refractivity contribution in [2.45, 2.75) is 33.8 Å². The first-order chi connectivity index (χ1) is 11.1. The highest BCUT2D eigenvalue weighted by Crippen LogP contribution is 2.37. The predicted octanol–water partition coefficient (Wildman–Crippen LogP) is 5.27. The van der Waals surface area contributed by atoms with Crippen LogP contribution in [0.3, 0.4) is 0 Å². The summed E-state index contributed by atoms with van der Waals surface area (Å²) in [4.78, 5) is 7.89. The number of aromatic nitrogens is 2. The van der Waals surface area contributed by atoms with Crippen LogP contribution in [0.5, 0.6) is 5.75 Å². The lowest BCUT2D eigenvalue weighted by molar-refractivity contribution is 0.243. The van der Waals surface area contributed by atoms with Gasteiger partial charge < -0.3 is 9.72 Å². The van der Waals surface area contributed by atoms with Crippen molar-refractivity contribution in [1.82, 2.24) is 9.97 Å². The predicted molar refractivity (Wildman–Crippen MR) is 96.3 cm³/mol. The molecule has 2 aromatic heterocycles. The number of nitrogens with one attached hydrogen (secondary N) is 1. The van der Waals surface area contributed by atoms with Crippen LogP contribution in [0.2, 0.25) is 0 Å². The van der Waals surface area contributed by atoms with E-state index in [1.807, 2.05) is 32.3 Å². The van der Waals surface area contributed by atoms with E-state index in [-0.39, 0.29) is 6.10 Å². The van der Waals surface area contributed by atoms with Gasteiger partial charge in [0.15, 0.2) is 0 Å². The van der Waals surface area contributed by atoms with E-state index in [4.69, 9.17) is 4.74 Å². The van der Waals surface area contributed by atoms with Crippen LogP contribution in [0, 0.1) is 13.8 Å². The van der Waals surface area contributed by atoms with Crippen LogP contribution in [-0.4, -0.2) is 16.1 Å². The van der Waals surface area contributed by atoms with Gasteiger partial charge in [-0.1, -0.05) is 0 Å². The Morgan fingerprint density at radius 2 is 1.83 bits per heavy atom. The zero-order valence-corrected chi connectivity index (χ0v) is 13.9. The number of rotatable bonds is 2. The molecule has 0 saturated carbocycles. The van der Waals surface area contributed by atoms with Gasteiger partial charge in [0, 0.05) is 34.1 Å². The molecular weight excluding hydrogens is 284 g/mol. The minimum Gasteiger partial charge on any atom is -0.491 e. The van der Waals surface area contributed by atoms with Crippen molar-refractivity contribution >= 4 is 32.6 Å². The van der Waals surface area contributed by atoms with Crippen molar-refractivity contribution in [2.75, 3.05) is 0 Å². The second-order valence-electron chi connectivity index (χ2n) is 6.42. The molecule has 0 radical (unpaired) electrons. The second kappa shape index (κ2) is 4.98. The fourth-order valence-corrected chi connectivity index (χ4v) is 3.48. The Bertz CT molecular complexity index is 1040. The molecule has 0 bridgehead atoms. The monoisotopic (exact) mass is 304 g/mol. The topological polar surface area (TPSA) is 37.9 Å². The Morgan fingerprint density at radius 1 is 1.00 bits per heavy atom. The highest BCUT2D eigenvalue weighted by molar-refractivity contribution is 6.16. The van der Waals surface area contributed by atoms with Gasteiger partial charge >= 0.3 is 0 Å². The molecule has 116 valence electrons. The number of ether oxygens (including phenoxy) is 1. The van der Waals surface area contributed by atoms with Gasteiger partial charge in [-0.15, -0.1) is 0 Å². The maximum atomic E-state index is 5.87. The summed E-state index contributed by atoms with van der Waals surface area (Å²) in [6.07, 6.45) is 3.99. The standard InChI is InChI=1S/C20H20N2O/c1-11(2)23-14-5-6-18-16(9-14)19-12(3)17-10-21-8-7-15(17)13(4)20(19)22-18/h5-11,22H,1-4H3. The van der Waals surface area contributed by atoms with E-state index in [1.165, 1.54) is 38.2 Å². The minimum absolute atomic E-state index is 0.172. The first-order valence-electron chi connectivity index (χ1n) is 8.01. The van der Waals surface area contributed by atoms with E-state index in [0.29, 0.717) is 0 Å². The zero-order chi connectivity index (χ0) is 16.1. The van der Waals surface area contributed by atoms with Gasteiger partial charge in [0.05, 0.1) is 11.6 Å². The Balaban J connectivity index is 2.13. The van der Waals surface area contributed by atoms with Crippen LogP contribution in [0.15, 0.2) is 36.7 Å². The second-order valence-corrected chi connectivity index (χ2v) is 6.42. The van der Waals surface area contributed by atoms with E-state index in [2.05, 4.69) is 42.0 Å². The molecule has 3 nitrogen and oxygen atoms in total. The summed E-state index contributed by atoms with van der Waals surface area (Å²) in [5, 5.41) is 4.96. The Labute approximate surface area is 135 Å². The molecule has 2 aromatic carbocycles. The largest absolute Gasteiger partial charge is 0.491 e. The van der Waals surface area contributed by atoms with Crippen molar-refractivity contribution in [1.29, 1.82) is 0 Å². The quantitative estimate of drug-likeness (QED) is 0.547. The summed E-state index contributed by atoms with van der Waals surface area (Å²) >= 11 is 0. The fraction of sp³-hybridized carbons (Fsp3) is 0.250. The third kappa shape index (κ3) is 2.07. The zero-order valence-electron chi connectivity index (χ0n) is 13.9. The molecule has 4 aromatic rings. The van der Waals surface area contributed by atoms with Crippen LogP contribution < -0.4 is 4.74 Å². The van der Waals surface area contributed by atoms with Crippen molar-refractivity contribution in [3.63, 3.8) is 0 Å². The van der Waals surface area contributed by atoms with Gasteiger partial charge in [0.25, 0.3) is 0 Å².